The van der Waals surface area contributed by atoms with Gasteiger partial charge in [0, 0.05) is 26.1 Å². The number of nitrogens with one attached hydrogen (secondary N) is 1. The molecule has 2 aliphatic rings. The second kappa shape index (κ2) is 6.31. The first kappa shape index (κ1) is 16.0. The number of aliphatic carboxylic acids is 1. The van der Waals surface area contributed by atoms with Crippen molar-refractivity contribution in [1.29, 1.82) is 0 Å². The van der Waals surface area contributed by atoms with Gasteiger partial charge in [-0.2, -0.15) is 0 Å². The Kier molecular flexibility index (Phi) is 4.20. The molecule has 0 aliphatic carbocycles. The first-order valence-corrected chi connectivity index (χ1v) is 7.65. The Morgan fingerprint density at radius 3 is 2.62 bits per heavy atom. The van der Waals surface area contributed by atoms with E-state index in [1.54, 1.807) is 24.3 Å². The van der Waals surface area contributed by atoms with Gasteiger partial charge in [0.15, 0.2) is 0 Å². The minimum atomic E-state index is -1.03. The van der Waals surface area contributed by atoms with Gasteiger partial charge in [0.1, 0.15) is 0 Å². The summed E-state index contributed by atoms with van der Waals surface area (Å²) in [6.45, 7) is 0.791. The lowest BCUT2D eigenvalue weighted by Crippen LogP contribution is -2.50. The molecule has 0 radical (unpaired) electrons. The Labute approximate surface area is 138 Å². The van der Waals surface area contributed by atoms with Gasteiger partial charge in [-0.05, 0) is 12.1 Å². The van der Waals surface area contributed by atoms with Crippen molar-refractivity contribution in [3.05, 3.63) is 29.8 Å². The Morgan fingerprint density at radius 2 is 1.96 bits per heavy atom. The van der Waals surface area contributed by atoms with E-state index >= 15 is 0 Å². The van der Waals surface area contributed by atoms with Crippen LogP contribution in [0.15, 0.2) is 24.3 Å². The predicted octanol–water partition coefficient (Wildman–Crippen LogP) is -0.304. The molecule has 126 valence electrons. The summed E-state index contributed by atoms with van der Waals surface area (Å²) in [5.74, 6) is -2.69. The van der Waals surface area contributed by atoms with Crippen LogP contribution in [0.25, 0.3) is 0 Å². The van der Waals surface area contributed by atoms with Gasteiger partial charge < -0.3 is 20.2 Å². The van der Waals surface area contributed by atoms with Gasteiger partial charge in [-0.1, -0.05) is 12.1 Å². The zero-order valence-electron chi connectivity index (χ0n) is 12.9. The number of para-hydroxylation sites is 1. The molecular formula is C16H17N3O5. The maximum atomic E-state index is 12.7. The first-order valence-electron chi connectivity index (χ1n) is 7.65. The molecule has 1 atom stereocenters. The van der Waals surface area contributed by atoms with Gasteiger partial charge in [0.25, 0.3) is 5.91 Å². The highest BCUT2D eigenvalue weighted by atomic mass is 16.4. The van der Waals surface area contributed by atoms with Gasteiger partial charge in [0.05, 0.1) is 23.7 Å². The molecule has 3 rings (SSSR count). The number of carbonyl (C=O) groups is 4. The largest absolute Gasteiger partial charge is 0.481 e. The van der Waals surface area contributed by atoms with Crippen molar-refractivity contribution in [3.8, 4) is 0 Å². The third-order valence-electron chi connectivity index (χ3n) is 4.23. The summed E-state index contributed by atoms with van der Waals surface area (Å²) in [5, 5.41) is 11.8. The van der Waals surface area contributed by atoms with E-state index in [4.69, 9.17) is 5.11 Å². The average Bonchev–Trinajstić information content (AvgIpc) is 2.96. The molecule has 1 aromatic carbocycles. The van der Waals surface area contributed by atoms with Crippen molar-refractivity contribution in [3.63, 3.8) is 0 Å². The monoisotopic (exact) mass is 331 g/mol. The van der Waals surface area contributed by atoms with Gasteiger partial charge >= 0.3 is 5.97 Å². The third kappa shape index (κ3) is 2.94. The molecule has 2 heterocycles. The molecule has 8 nitrogen and oxygen atoms in total. The highest BCUT2D eigenvalue weighted by molar-refractivity contribution is 6.07. The molecule has 8 heteroatoms. The van der Waals surface area contributed by atoms with Crippen molar-refractivity contribution >= 4 is 29.4 Å². The average molecular weight is 331 g/mol. The molecule has 2 aliphatic heterocycles. The molecule has 0 aromatic heterocycles. The Hall–Kier alpha value is -2.90. The lowest BCUT2D eigenvalue weighted by Gasteiger charge is -2.28. The number of amides is 3. The van der Waals surface area contributed by atoms with Crippen molar-refractivity contribution in [2.75, 3.05) is 31.1 Å². The molecule has 2 N–H and O–H groups in total. The zero-order valence-corrected chi connectivity index (χ0v) is 12.9. The van der Waals surface area contributed by atoms with Crippen LogP contribution in [-0.4, -0.2) is 59.9 Å². The van der Waals surface area contributed by atoms with E-state index in [0.29, 0.717) is 24.3 Å². The summed E-state index contributed by atoms with van der Waals surface area (Å²) in [4.78, 5) is 50.3. The van der Waals surface area contributed by atoms with Crippen molar-refractivity contribution in [1.82, 2.24) is 10.2 Å². The van der Waals surface area contributed by atoms with Crippen LogP contribution in [0.3, 0.4) is 0 Å². The smallest absolute Gasteiger partial charge is 0.308 e. The van der Waals surface area contributed by atoms with E-state index in [1.165, 1.54) is 9.80 Å². The number of nitrogens with zero attached hydrogens (tertiary/aromatic N) is 2. The standard InChI is InChI=1S/C16H17N3O5/c20-13-9-18(6-5-17-13)15(22)11-3-1-2-4-12(11)19-8-10(16(23)24)7-14(19)21/h1-4,10H,5-9H2,(H,17,20)(H,23,24). The van der Waals surface area contributed by atoms with Crippen LogP contribution in [0.1, 0.15) is 16.8 Å². The lowest BCUT2D eigenvalue weighted by molar-refractivity contribution is -0.141. The van der Waals surface area contributed by atoms with Crippen molar-refractivity contribution < 1.29 is 24.3 Å². The summed E-state index contributed by atoms with van der Waals surface area (Å²) in [7, 11) is 0. The fourth-order valence-corrected chi connectivity index (χ4v) is 2.98. The number of carboxylic acids is 1. The summed E-state index contributed by atoms with van der Waals surface area (Å²) in [6, 6.07) is 6.58. The molecule has 2 fully saturated rings. The molecule has 3 amide bonds. The quantitative estimate of drug-likeness (QED) is 0.790. The minimum absolute atomic E-state index is 0.0289. The lowest BCUT2D eigenvalue weighted by atomic mass is 10.1. The van der Waals surface area contributed by atoms with Gasteiger partial charge in [-0.15, -0.1) is 0 Å². The number of hydrogen-bond donors (Lipinski definition) is 2. The van der Waals surface area contributed by atoms with Crippen LogP contribution in [0.4, 0.5) is 5.69 Å². The normalized spacial score (nSPS) is 20.9. The molecule has 0 bridgehead atoms. The second-order valence-electron chi connectivity index (χ2n) is 5.84. The summed E-state index contributed by atoms with van der Waals surface area (Å²) >= 11 is 0. The number of anilines is 1. The SMILES string of the molecule is O=C1CN(C(=O)c2ccccc2N2CC(C(=O)O)CC2=O)CCN1. The van der Waals surface area contributed by atoms with Crippen LogP contribution in [0, 0.1) is 5.92 Å². The van der Waals surface area contributed by atoms with Crippen molar-refractivity contribution in [2.24, 2.45) is 5.92 Å². The van der Waals surface area contributed by atoms with E-state index in [-0.39, 0.29) is 37.2 Å². The zero-order chi connectivity index (χ0) is 17.3. The Morgan fingerprint density at radius 1 is 1.21 bits per heavy atom. The second-order valence-corrected chi connectivity index (χ2v) is 5.84. The minimum Gasteiger partial charge on any atom is -0.481 e. The molecule has 0 saturated carbocycles. The number of hydrogen-bond acceptors (Lipinski definition) is 4. The number of carbonyl (C=O) groups excluding carboxylic acids is 3. The predicted molar refractivity (Wildman–Crippen MR) is 83.5 cm³/mol. The molecule has 1 aromatic rings. The van der Waals surface area contributed by atoms with Crippen LogP contribution in [0.2, 0.25) is 0 Å². The number of rotatable bonds is 3. The van der Waals surface area contributed by atoms with Crippen LogP contribution in [-0.2, 0) is 14.4 Å². The molecular weight excluding hydrogens is 314 g/mol. The van der Waals surface area contributed by atoms with E-state index in [9.17, 15) is 19.2 Å². The van der Waals surface area contributed by atoms with E-state index < -0.39 is 11.9 Å². The van der Waals surface area contributed by atoms with Crippen LogP contribution >= 0.6 is 0 Å². The molecule has 0 spiro atoms. The maximum absolute atomic E-state index is 12.7. The van der Waals surface area contributed by atoms with Gasteiger partial charge in [-0.3, -0.25) is 19.2 Å². The molecule has 1 unspecified atom stereocenters. The summed E-state index contributed by atoms with van der Waals surface area (Å²) in [5.41, 5.74) is 0.689. The van der Waals surface area contributed by atoms with Crippen LogP contribution in [0.5, 0.6) is 0 Å². The molecule has 2 saturated heterocycles. The highest BCUT2D eigenvalue weighted by Crippen LogP contribution is 2.29. The summed E-state index contributed by atoms with van der Waals surface area (Å²) < 4.78 is 0. The fraction of sp³-hybridized carbons (Fsp3) is 0.375. The van der Waals surface area contributed by atoms with E-state index in [0.717, 1.165) is 0 Å². The third-order valence-corrected chi connectivity index (χ3v) is 4.23. The van der Waals surface area contributed by atoms with Crippen LogP contribution < -0.4 is 10.2 Å². The Bertz CT molecular complexity index is 717. The number of piperazine rings is 1. The maximum Gasteiger partial charge on any atom is 0.308 e. The van der Waals surface area contributed by atoms with Gasteiger partial charge in [0.2, 0.25) is 11.8 Å². The van der Waals surface area contributed by atoms with E-state index in [1.807, 2.05) is 0 Å². The van der Waals surface area contributed by atoms with Crippen molar-refractivity contribution in [2.45, 2.75) is 6.42 Å². The fourth-order valence-electron chi connectivity index (χ4n) is 2.98. The van der Waals surface area contributed by atoms with Gasteiger partial charge in [-0.25, -0.2) is 0 Å². The Balaban J connectivity index is 1.88. The topological polar surface area (TPSA) is 107 Å². The summed E-state index contributed by atoms with van der Waals surface area (Å²) in [6.07, 6.45) is -0.0794. The number of benzene rings is 1. The molecule has 24 heavy (non-hydrogen) atoms. The highest BCUT2D eigenvalue weighted by Gasteiger charge is 2.37. The number of carboxylic acid groups (broad SMARTS) is 1. The van der Waals surface area contributed by atoms with E-state index in [2.05, 4.69) is 5.32 Å². The first-order chi connectivity index (χ1) is 11.5.